The Morgan fingerprint density at radius 1 is 1.27 bits per heavy atom. The van der Waals surface area contributed by atoms with Gasteiger partial charge in [-0.25, -0.2) is 8.78 Å². The van der Waals surface area contributed by atoms with E-state index in [1.165, 1.54) is 0 Å². The van der Waals surface area contributed by atoms with Crippen LogP contribution in [0.1, 0.15) is 31.1 Å². The third-order valence-corrected chi connectivity index (χ3v) is 4.87. The number of hydrogen-bond acceptors (Lipinski definition) is 2. The second kappa shape index (κ2) is 7.51. The standard InChI is InChI=1S/C20H20ClF2N3/c1-13(2)26-18-7-6-14(21)9-16(18)17(12-24)20(26)19-5-3-4-8-25(19)15(10-22)11-23/h3-7,9,13,15H,8,10-11H2,1-2H3. The number of benzene rings is 1. The molecule has 0 aliphatic carbocycles. The Hall–Kier alpha value is -2.32. The van der Waals surface area contributed by atoms with Crippen molar-refractivity contribution in [1.29, 1.82) is 5.26 Å². The Kier molecular flexibility index (Phi) is 5.33. The molecule has 0 unspecified atom stereocenters. The maximum atomic E-state index is 13.4. The molecule has 0 atom stereocenters. The maximum Gasteiger partial charge on any atom is 0.112 e. The lowest BCUT2D eigenvalue weighted by Crippen LogP contribution is -2.39. The van der Waals surface area contributed by atoms with Gasteiger partial charge in [-0.1, -0.05) is 23.8 Å². The summed E-state index contributed by atoms with van der Waals surface area (Å²) in [6.07, 6.45) is 5.53. The van der Waals surface area contributed by atoms with E-state index in [2.05, 4.69) is 6.07 Å². The highest BCUT2D eigenvalue weighted by Crippen LogP contribution is 2.37. The van der Waals surface area contributed by atoms with Crippen molar-refractivity contribution in [3.05, 3.63) is 52.7 Å². The van der Waals surface area contributed by atoms with Crippen molar-refractivity contribution in [2.45, 2.75) is 25.9 Å². The van der Waals surface area contributed by atoms with E-state index >= 15 is 0 Å². The Bertz CT molecular complexity index is 917. The lowest BCUT2D eigenvalue weighted by Gasteiger charge is -2.34. The largest absolute Gasteiger partial charge is 0.358 e. The third kappa shape index (κ3) is 2.99. The molecular formula is C20H20ClF2N3. The molecule has 1 aromatic heterocycles. The number of halogens is 3. The van der Waals surface area contributed by atoms with Crippen LogP contribution in [-0.2, 0) is 0 Å². The van der Waals surface area contributed by atoms with Gasteiger partial charge in [-0.3, -0.25) is 0 Å². The normalized spacial score (nSPS) is 14.4. The van der Waals surface area contributed by atoms with Crippen LogP contribution >= 0.6 is 11.6 Å². The predicted octanol–water partition coefficient (Wildman–Crippen LogP) is 5.27. The topological polar surface area (TPSA) is 32.0 Å². The molecule has 136 valence electrons. The van der Waals surface area contributed by atoms with Crippen LogP contribution in [0.5, 0.6) is 0 Å². The minimum absolute atomic E-state index is 0.0543. The SMILES string of the molecule is CC(C)n1c(C2=CC=CCN2C(CF)CF)c(C#N)c2cc(Cl)ccc21. The van der Waals surface area contributed by atoms with E-state index < -0.39 is 19.4 Å². The van der Waals surface area contributed by atoms with E-state index in [1.807, 2.05) is 42.7 Å². The minimum Gasteiger partial charge on any atom is -0.358 e. The minimum atomic E-state index is -0.875. The average molecular weight is 376 g/mol. The number of fused-ring (bicyclic) bond motifs is 1. The average Bonchev–Trinajstić information content (AvgIpc) is 2.96. The monoisotopic (exact) mass is 375 g/mol. The fraction of sp³-hybridized carbons (Fsp3) is 0.350. The van der Waals surface area contributed by atoms with E-state index in [0.717, 1.165) is 10.9 Å². The van der Waals surface area contributed by atoms with Crippen LogP contribution in [0.3, 0.4) is 0 Å². The van der Waals surface area contributed by atoms with Crippen molar-refractivity contribution in [2.24, 2.45) is 0 Å². The molecule has 2 aromatic rings. The summed E-state index contributed by atoms with van der Waals surface area (Å²) in [5.74, 6) is 0. The van der Waals surface area contributed by atoms with Gasteiger partial charge in [0.25, 0.3) is 0 Å². The van der Waals surface area contributed by atoms with Gasteiger partial charge in [-0.05, 0) is 38.1 Å². The summed E-state index contributed by atoms with van der Waals surface area (Å²) in [7, 11) is 0. The van der Waals surface area contributed by atoms with Gasteiger partial charge < -0.3 is 9.47 Å². The van der Waals surface area contributed by atoms with E-state index in [9.17, 15) is 14.0 Å². The summed E-state index contributed by atoms with van der Waals surface area (Å²) in [4.78, 5) is 1.69. The molecule has 1 aromatic carbocycles. The molecule has 2 heterocycles. The highest BCUT2D eigenvalue weighted by atomic mass is 35.5. The van der Waals surface area contributed by atoms with Gasteiger partial charge >= 0.3 is 0 Å². The van der Waals surface area contributed by atoms with Gasteiger partial charge in [-0.15, -0.1) is 0 Å². The van der Waals surface area contributed by atoms with Gasteiger partial charge in [0.05, 0.1) is 28.5 Å². The lowest BCUT2D eigenvalue weighted by atomic mass is 10.1. The molecule has 0 spiro atoms. The van der Waals surface area contributed by atoms with Crippen LogP contribution in [0.25, 0.3) is 16.6 Å². The molecule has 0 saturated heterocycles. The van der Waals surface area contributed by atoms with Crippen molar-refractivity contribution >= 4 is 28.2 Å². The molecule has 6 heteroatoms. The first kappa shape index (κ1) is 18.5. The second-order valence-corrected chi connectivity index (χ2v) is 6.99. The first-order chi connectivity index (χ1) is 12.5. The van der Waals surface area contributed by atoms with Crippen molar-refractivity contribution < 1.29 is 8.78 Å². The molecule has 1 aliphatic heterocycles. The number of aromatic nitrogens is 1. The van der Waals surface area contributed by atoms with Crippen molar-refractivity contribution in [2.75, 3.05) is 19.9 Å². The van der Waals surface area contributed by atoms with E-state index in [1.54, 1.807) is 17.0 Å². The van der Waals surface area contributed by atoms with Gasteiger partial charge in [0.1, 0.15) is 19.4 Å². The summed E-state index contributed by atoms with van der Waals surface area (Å²) >= 11 is 6.14. The predicted molar refractivity (Wildman–Crippen MR) is 102 cm³/mol. The second-order valence-electron chi connectivity index (χ2n) is 6.56. The zero-order valence-electron chi connectivity index (χ0n) is 14.7. The van der Waals surface area contributed by atoms with Crippen LogP contribution in [0.2, 0.25) is 5.02 Å². The van der Waals surface area contributed by atoms with E-state index in [-0.39, 0.29) is 6.04 Å². The lowest BCUT2D eigenvalue weighted by molar-refractivity contribution is 0.211. The number of rotatable bonds is 5. The molecule has 0 fully saturated rings. The molecule has 0 bridgehead atoms. The number of nitrogens with zero attached hydrogens (tertiary/aromatic N) is 3. The zero-order chi connectivity index (χ0) is 18.8. The van der Waals surface area contributed by atoms with Gasteiger partial charge in [0.2, 0.25) is 0 Å². The Morgan fingerprint density at radius 3 is 2.62 bits per heavy atom. The number of allylic oxidation sites excluding steroid dienone is 2. The first-order valence-corrected chi connectivity index (χ1v) is 8.90. The third-order valence-electron chi connectivity index (χ3n) is 4.63. The van der Waals surface area contributed by atoms with Gasteiger partial charge in [0.15, 0.2) is 0 Å². The number of hydrogen-bond donors (Lipinski definition) is 0. The Morgan fingerprint density at radius 2 is 2.00 bits per heavy atom. The highest BCUT2D eigenvalue weighted by molar-refractivity contribution is 6.31. The summed E-state index contributed by atoms with van der Waals surface area (Å²) in [5.41, 5.74) is 2.68. The Balaban J connectivity index is 2.32. The highest BCUT2D eigenvalue weighted by Gasteiger charge is 2.29. The molecular weight excluding hydrogens is 356 g/mol. The first-order valence-electron chi connectivity index (χ1n) is 8.52. The quantitative estimate of drug-likeness (QED) is 0.713. The summed E-state index contributed by atoms with van der Waals surface area (Å²) in [6.45, 7) is 2.85. The number of alkyl halides is 2. The van der Waals surface area contributed by atoms with Crippen LogP contribution in [0.4, 0.5) is 8.78 Å². The molecule has 0 N–H and O–H groups in total. The van der Waals surface area contributed by atoms with Crippen LogP contribution in [-0.4, -0.2) is 35.4 Å². The van der Waals surface area contributed by atoms with E-state index in [4.69, 9.17) is 11.6 Å². The van der Waals surface area contributed by atoms with E-state index in [0.29, 0.717) is 28.5 Å². The summed E-state index contributed by atoms with van der Waals surface area (Å²) in [5, 5.41) is 11.1. The van der Waals surface area contributed by atoms with Gasteiger partial charge in [-0.2, -0.15) is 5.26 Å². The molecule has 1 aliphatic rings. The molecule has 0 saturated carbocycles. The smallest absolute Gasteiger partial charge is 0.112 e. The maximum absolute atomic E-state index is 13.4. The zero-order valence-corrected chi connectivity index (χ0v) is 15.5. The molecule has 0 amide bonds. The molecule has 0 radical (unpaired) electrons. The molecule has 3 rings (SSSR count). The Labute approximate surface area is 156 Å². The summed E-state index contributed by atoms with van der Waals surface area (Å²) in [6, 6.07) is 6.89. The van der Waals surface area contributed by atoms with Crippen LogP contribution in [0.15, 0.2) is 36.4 Å². The van der Waals surface area contributed by atoms with Crippen LogP contribution < -0.4 is 0 Å². The van der Waals surface area contributed by atoms with Gasteiger partial charge in [0, 0.05) is 23.0 Å². The fourth-order valence-corrected chi connectivity index (χ4v) is 3.66. The summed E-state index contributed by atoms with van der Waals surface area (Å²) < 4.78 is 28.9. The molecule has 3 nitrogen and oxygen atoms in total. The number of nitriles is 1. The van der Waals surface area contributed by atoms with Crippen LogP contribution in [0, 0.1) is 11.3 Å². The fourth-order valence-electron chi connectivity index (χ4n) is 3.48. The van der Waals surface area contributed by atoms with Crippen molar-refractivity contribution in [3.63, 3.8) is 0 Å². The van der Waals surface area contributed by atoms with Crippen molar-refractivity contribution in [3.8, 4) is 6.07 Å². The molecule has 26 heavy (non-hydrogen) atoms. The van der Waals surface area contributed by atoms with Crippen molar-refractivity contribution in [1.82, 2.24) is 9.47 Å².